The Morgan fingerprint density at radius 2 is 2.08 bits per heavy atom. The maximum Gasteiger partial charge on any atom is 0.240 e. The lowest BCUT2D eigenvalue weighted by Gasteiger charge is -2.31. The minimum Gasteiger partial charge on any atom is -0.493 e. The summed E-state index contributed by atoms with van der Waals surface area (Å²) in [6.07, 6.45) is 1.04. The number of rotatable bonds is 6. The second-order valence-electron chi connectivity index (χ2n) is 5.49. The van der Waals surface area contributed by atoms with Gasteiger partial charge in [-0.1, -0.05) is 11.6 Å². The first kappa shape index (κ1) is 20.8. The number of halogens is 2. The van der Waals surface area contributed by atoms with E-state index in [2.05, 4.69) is 5.32 Å². The number of methoxy groups -OCH3 is 1. The molecule has 136 valence electrons. The highest BCUT2D eigenvalue weighted by Crippen LogP contribution is 2.36. The predicted molar refractivity (Wildman–Crippen MR) is 95.2 cm³/mol. The Morgan fingerprint density at radius 1 is 1.42 bits per heavy atom. The smallest absolute Gasteiger partial charge is 0.240 e. The van der Waals surface area contributed by atoms with Gasteiger partial charge < -0.3 is 25.3 Å². The van der Waals surface area contributed by atoms with Crippen molar-refractivity contribution < 1.29 is 19.0 Å². The normalized spacial score (nSPS) is 16.0. The minimum absolute atomic E-state index is 0. The highest BCUT2D eigenvalue weighted by Gasteiger charge is 2.35. The number of hydrogen-bond donors (Lipinski definition) is 2. The van der Waals surface area contributed by atoms with Gasteiger partial charge in [0.15, 0.2) is 11.5 Å². The minimum atomic E-state index is -0.864. The molecule has 1 heterocycles. The van der Waals surface area contributed by atoms with Gasteiger partial charge in [0.2, 0.25) is 5.91 Å². The van der Waals surface area contributed by atoms with E-state index < -0.39 is 5.54 Å². The third-order valence-corrected chi connectivity index (χ3v) is 4.15. The molecule has 1 aromatic rings. The zero-order valence-electron chi connectivity index (χ0n) is 13.9. The van der Waals surface area contributed by atoms with E-state index in [9.17, 15) is 4.79 Å². The standard InChI is InChI=1S/C16H23ClN2O4.ClH/c1-3-23-14-12(17)8-11(9-13(14)21-2)10-19-15(20)16(18)4-6-22-7-5-16;/h8-9H,3-7,10,18H2,1-2H3,(H,19,20);1H. The summed E-state index contributed by atoms with van der Waals surface area (Å²) in [7, 11) is 1.55. The van der Waals surface area contributed by atoms with E-state index in [0.717, 1.165) is 5.56 Å². The van der Waals surface area contributed by atoms with Crippen LogP contribution < -0.4 is 20.5 Å². The lowest BCUT2D eigenvalue weighted by Crippen LogP contribution is -2.56. The van der Waals surface area contributed by atoms with E-state index in [4.69, 9.17) is 31.5 Å². The molecule has 8 heteroatoms. The lowest BCUT2D eigenvalue weighted by atomic mass is 9.90. The van der Waals surface area contributed by atoms with E-state index >= 15 is 0 Å². The van der Waals surface area contributed by atoms with Crippen LogP contribution in [0.4, 0.5) is 0 Å². The molecule has 0 unspecified atom stereocenters. The van der Waals surface area contributed by atoms with Gasteiger partial charge in [-0.25, -0.2) is 0 Å². The fourth-order valence-corrected chi connectivity index (χ4v) is 2.77. The molecule has 1 saturated heterocycles. The van der Waals surface area contributed by atoms with Crippen molar-refractivity contribution >= 4 is 29.9 Å². The summed E-state index contributed by atoms with van der Waals surface area (Å²) in [6.45, 7) is 3.70. The molecule has 1 amide bonds. The van der Waals surface area contributed by atoms with Gasteiger partial charge >= 0.3 is 0 Å². The third kappa shape index (κ3) is 4.89. The monoisotopic (exact) mass is 378 g/mol. The summed E-state index contributed by atoms with van der Waals surface area (Å²) in [4.78, 5) is 12.3. The van der Waals surface area contributed by atoms with Gasteiger partial charge in [0.25, 0.3) is 0 Å². The van der Waals surface area contributed by atoms with Crippen LogP contribution in [-0.2, 0) is 16.1 Å². The molecule has 2 rings (SSSR count). The van der Waals surface area contributed by atoms with Gasteiger partial charge in [-0.05, 0) is 37.5 Å². The molecule has 0 aromatic heterocycles. The molecule has 0 aliphatic carbocycles. The quantitative estimate of drug-likeness (QED) is 0.793. The molecule has 6 nitrogen and oxygen atoms in total. The van der Waals surface area contributed by atoms with Gasteiger partial charge in [-0.3, -0.25) is 4.79 Å². The Bertz CT molecular complexity index is 563. The Balaban J connectivity index is 0.00000288. The van der Waals surface area contributed by atoms with Crippen LogP contribution in [0.25, 0.3) is 0 Å². The predicted octanol–water partition coefficient (Wildman–Crippen LogP) is 2.29. The van der Waals surface area contributed by atoms with Crippen LogP contribution in [0.2, 0.25) is 5.02 Å². The van der Waals surface area contributed by atoms with E-state index in [-0.39, 0.29) is 18.3 Å². The highest BCUT2D eigenvalue weighted by atomic mass is 35.5. The first-order chi connectivity index (χ1) is 11.0. The van der Waals surface area contributed by atoms with Crippen LogP contribution in [0, 0.1) is 0 Å². The van der Waals surface area contributed by atoms with Crippen molar-refractivity contribution in [3.05, 3.63) is 22.7 Å². The van der Waals surface area contributed by atoms with E-state index in [1.165, 1.54) is 0 Å². The average Bonchev–Trinajstić information content (AvgIpc) is 2.55. The molecular weight excluding hydrogens is 355 g/mol. The van der Waals surface area contributed by atoms with Gasteiger partial charge in [0, 0.05) is 19.8 Å². The number of carbonyl (C=O) groups is 1. The number of ether oxygens (including phenoxy) is 3. The maximum absolute atomic E-state index is 12.3. The average molecular weight is 379 g/mol. The van der Waals surface area contributed by atoms with Crippen molar-refractivity contribution in [2.75, 3.05) is 26.9 Å². The molecule has 3 N–H and O–H groups in total. The van der Waals surface area contributed by atoms with Gasteiger partial charge in [-0.15, -0.1) is 12.4 Å². The first-order valence-corrected chi connectivity index (χ1v) is 8.02. The summed E-state index contributed by atoms with van der Waals surface area (Å²) < 4.78 is 16.0. The third-order valence-electron chi connectivity index (χ3n) is 3.87. The number of amides is 1. The Labute approximate surface area is 153 Å². The molecule has 24 heavy (non-hydrogen) atoms. The van der Waals surface area contributed by atoms with Crippen LogP contribution in [0.15, 0.2) is 12.1 Å². The van der Waals surface area contributed by atoms with E-state index in [0.29, 0.717) is 55.7 Å². The zero-order chi connectivity index (χ0) is 16.9. The zero-order valence-corrected chi connectivity index (χ0v) is 15.5. The van der Waals surface area contributed by atoms with Crippen LogP contribution >= 0.6 is 24.0 Å². The van der Waals surface area contributed by atoms with Crippen molar-refractivity contribution in [2.24, 2.45) is 5.73 Å². The van der Waals surface area contributed by atoms with Crippen molar-refractivity contribution in [2.45, 2.75) is 31.8 Å². The van der Waals surface area contributed by atoms with Crippen LogP contribution in [0.1, 0.15) is 25.3 Å². The van der Waals surface area contributed by atoms with Crippen molar-refractivity contribution in [3.8, 4) is 11.5 Å². The Morgan fingerprint density at radius 3 is 2.67 bits per heavy atom. The molecule has 0 radical (unpaired) electrons. The first-order valence-electron chi connectivity index (χ1n) is 7.64. The second-order valence-corrected chi connectivity index (χ2v) is 5.90. The van der Waals surface area contributed by atoms with Crippen molar-refractivity contribution in [3.63, 3.8) is 0 Å². The molecular formula is C16H24Cl2N2O4. The van der Waals surface area contributed by atoms with Crippen LogP contribution in [0.5, 0.6) is 11.5 Å². The highest BCUT2D eigenvalue weighted by molar-refractivity contribution is 6.32. The van der Waals surface area contributed by atoms with E-state index in [1.807, 2.05) is 6.92 Å². The molecule has 1 fully saturated rings. The molecule has 1 aromatic carbocycles. The van der Waals surface area contributed by atoms with Gasteiger partial charge in [-0.2, -0.15) is 0 Å². The summed E-state index contributed by atoms with van der Waals surface area (Å²) in [5.41, 5.74) is 6.11. The van der Waals surface area contributed by atoms with Crippen LogP contribution in [-0.4, -0.2) is 38.4 Å². The molecule has 0 atom stereocenters. The molecule has 0 spiro atoms. The molecule has 0 saturated carbocycles. The SMILES string of the molecule is CCOc1c(Cl)cc(CNC(=O)C2(N)CCOCC2)cc1OC.Cl. The molecule has 1 aliphatic rings. The number of hydrogen-bond acceptors (Lipinski definition) is 5. The number of carbonyl (C=O) groups excluding carboxylic acids is 1. The fourth-order valence-electron chi connectivity index (χ4n) is 2.48. The largest absolute Gasteiger partial charge is 0.493 e. The summed E-state index contributed by atoms with van der Waals surface area (Å²) in [5.74, 6) is 0.869. The Kier molecular flexibility index (Phi) is 8.09. The van der Waals surface area contributed by atoms with Gasteiger partial charge in [0.05, 0.1) is 24.3 Å². The van der Waals surface area contributed by atoms with Crippen molar-refractivity contribution in [1.82, 2.24) is 5.32 Å². The van der Waals surface area contributed by atoms with Crippen molar-refractivity contribution in [1.29, 1.82) is 0 Å². The van der Waals surface area contributed by atoms with Crippen LogP contribution in [0.3, 0.4) is 0 Å². The van der Waals surface area contributed by atoms with E-state index in [1.54, 1.807) is 19.2 Å². The number of nitrogens with one attached hydrogen (secondary N) is 1. The number of benzene rings is 1. The maximum atomic E-state index is 12.3. The second kappa shape index (κ2) is 9.32. The fraction of sp³-hybridized carbons (Fsp3) is 0.562. The summed E-state index contributed by atoms with van der Waals surface area (Å²) in [6, 6.07) is 3.55. The number of nitrogens with two attached hydrogens (primary N) is 1. The lowest BCUT2D eigenvalue weighted by molar-refractivity contribution is -0.129. The Hall–Kier alpha value is -1.21. The summed E-state index contributed by atoms with van der Waals surface area (Å²) >= 11 is 6.22. The molecule has 0 bridgehead atoms. The summed E-state index contributed by atoms with van der Waals surface area (Å²) in [5, 5.41) is 3.31. The topological polar surface area (TPSA) is 82.8 Å². The molecule has 1 aliphatic heterocycles. The van der Waals surface area contributed by atoms with Gasteiger partial charge in [0.1, 0.15) is 0 Å².